The minimum Gasteiger partial charge on any atom is -0.326 e. The Balaban J connectivity index is 1.88. The number of benzene rings is 3. The summed E-state index contributed by atoms with van der Waals surface area (Å²) in [5.74, 6) is -1.65. The van der Waals surface area contributed by atoms with Crippen molar-refractivity contribution >= 4 is 38.8 Å². The molecule has 3 aromatic carbocycles. The predicted octanol–water partition coefficient (Wildman–Crippen LogP) is 6.69. The van der Waals surface area contributed by atoms with Gasteiger partial charge in [-0.05, 0) is 75.3 Å². The standard InChI is InChI=1S/C26H25BrFN3O/c1-3-21(18-9-6-8-17(13-18)16(2)30)25(28)26(32)31-24-12-11-19(14-23(24)27)22-10-5-4-7-20(22)15-29/h4-14,30H,3,15,29H2,1-2H3,(H,31,32)/b25-21+,30-16?. The van der Waals surface area contributed by atoms with E-state index in [1.807, 2.05) is 36.4 Å². The number of rotatable bonds is 7. The van der Waals surface area contributed by atoms with Crippen LogP contribution in [0, 0.1) is 5.41 Å². The number of anilines is 1. The molecule has 0 radical (unpaired) electrons. The molecule has 0 aliphatic heterocycles. The van der Waals surface area contributed by atoms with E-state index in [2.05, 4.69) is 21.2 Å². The minimum atomic E-state index is -0.836. The van der Waals surface area contributed by atoms with Crippen LogP contribution < -0.4 is 11.1 Å². The van der Waals surface area contributed by atoms with Crippen LogP contribution in [0.1, 0.15) is 37.0 Å². The molecule has 4 N–H and O–H groups in total. The van der Waals surface area contributed by atoms with Crippen LogP contribution in [0.4, 0.5) is 10.1 Å². The highest BCUT2D eigenvalue weighted by Crippen LogP contribution is 2.32. The predicted molar refractivity (Wildman–Crippen MR) is 133 cm³/mol. The van der Waals surface area contributed by atoms with E-state index in [9.17, 15) is 4.79 Å². The van der Waals surface area contributed by atoms with E-state index < -0.39 is 11.7 Å². The van der Waals surface area contributed by atoms with Crippen LogP contribution in [-0.2, 0) is 11.3 Å². The topological polar surface area (TPSA) is 79.0 Å². The average Bonchev–Trinajstić information content (AvgIpc) is 2.80. The lowest BCUT2D eigenvalue weighted by molar-refractivity contribution is -0.114. The number of amides is 1. The zero-order valence-electron chi connectivity index (χ0n) is 18.0. The van der Waals surface area contributed by atoms with Gasteiger partial charge < -0.3 is 16.5 Å². The van der Waals surface area contributed by atoms with E-state index in [0.717, 1.165) is 16.7 Å². The zero-order valence-corrected chi connectivity index (χ0v) is 19.6. The second-order valence-corrected chi connectivity index (χ2v) is 8.22. The van der Waals surface area contributed by atoms with E-state index in [-0.39, 0.29) is 0 Å². The van der Waals surface area contributed by atoms with Gasteiger partial charge in [0.2, 0.25) is 0 Å². The van der Waals surface area contributed by atoms with Gasteiger partial charge in [-0.2, -0.15) is 0 Å². The van der Waals surface area contributed by atoms with Gasteiger partial charge in [-0.3, -0.25) is 4.79 Å². The molecule has 0 unspecified atom stereocenters. The quantitative estimate of drug-likeness (QED) is 0.253. The van der Waals surface area contributed by atoms with Crippen molar-refractivity contribution in [2.24, 2.45) is 5.73 Å². The maximum Gasteiger partial charge on any atom is 0.284 e. The van der Waals surface area contributed by atoms with Gasteiger partial charge in [-0.1, -0.05) is 55.5 Å². The van der Waals surface area contributed by atoms with Crippen LogP contribution in [-0.4, -0.2) is 11.6 Å². The average molecular weight is 494 g/mol. The summed E-state index contributed by atoms with van der Waals surface area (Å²) in [5.41, 5.74) is 11.3. The van der Waals surface area contributed by atoms with Crippen LogP contribution in [0.5, 0.6) is 0 Å². The highest BCUT2D eigenvalue weighted by atomic mass is 79.9. The van der Waals surface area contributed by atoms with Crippen molar-refractivity contribution in [3.05, 3.63) is 93.7 Å². The maximum atomic E-state index is 15.1. The Bertz CT molecular complexity index is 1200. The zero-order chi connectivity index (χ0) is 23.3. The normalized spacial score (nSPS) is 11.7. The highest BCUT2D eigenvalue weighted by molar-refractivity contribution is 9.10. The molecule has 0 bridgehead atoms. The van der Waals surface area contributed by atoms with Gasteiger partial charge in [0.15, 0.2) is 5.83 Å². The fourth-order valence-corrected chi connectivity index (χ4v) is 3.98. The first-order valence-corrected chi connectivity index (χ1v) is 11.1. The third-order valence-corrected chi connectivity index (χ3v) is 5.88. The number of nitrogens with two attached hydrogens (primary N) is 1. The van der Waals surface area contributed by atoms with Crippen LogP contribution in [0.3, 0.4) is 0 Å². The number of hydrogen-bond donors (Lipinski definition) is 3. The van der Waals surface area contributed by atoms with Gasteiger partial charge in [0, 0.05) is 22.3 Å². The third kappa shape index (κ3) is 5.21. The molecule has 164 valence electrons. The number of hydrogen-bond acceptors (Lipinski definition) is 3. The Labute approximate surface area is 196 Å². The summed E-state index contributed by atoms with van der Waals surface area (Å²) < 4.78 is 15.8. The number of allylic oxidation sites excluding steroid dienone is 1. The fourth-order valence-electron chi connectivity index (χ4n) is 3.50. The van der Waals surface area contributed by atoms with Crippen molar-refractivity contribution in [3.8, 4) is 11.1 Å². The van der Waals surface area contributed by atoms with Crippen molar-refractivity contribution in [1.29, 1.82) is 5.41 Å². The first-order valence-electron chi connectivity index (χ1n) is 10.3. The summed E-state index contributed by atoms with van der Waals surface area (Å²) in [4.78, 5) is 12.7. The van der Waals surface area contributed by atoms with E-state index >= 15 is 4.39 Å². The third-order valence-electron chi connectivity index (χ3n) is 5.23. The summed E-state index contributed by atoms with van der Waals surface area (Å²) in [7, 11) is 0. The van der Waals surface area contributed by atoms with Crippen molar-refractivity contribution < 1.29 is 9.18 Å². The van der Waals surface area contributed by atoms with Gasteiger partial charge in [0.05, 0.1) is 5.69 Å². The Morgan fingerprint density at radius 3 is 2.44 bits per heavy atom. The van der Waals surface area contributed by atoms with Crippen molar-refractivity contribution in [1.82, 2.24) is 0 Å². The van der Waals surface area contributed by atoms with Gasteiger partial charge >= 0.3 is 0 Å². The molecule has 0 fully saturated rings. The number of carbonyl (C=O) groups is 1. The summed E-state index contributed by atoms with van der Waals surface area (Å²) in [6.45, 7) is 3.89. The van der Waals surface area contributed by atoms with Gasteiger partial charge in [0.25, 0.3) is 5.91 Å². The van der Waals surface area contributed by atoms with Gasteiger partial charge in [-0.15, -0.1) is 0 Å². The van der Waals surface area contributed by atoms with Crippen molar-refractivity contribution in [2.75, 3.05) is 5.32 Å². The first kappa shape index (κ1) is 23.6. The second kappa shape index (κ2) is 10.5. The molecule has 0 aromatic heterocycles. The molecule has 4 nitrogen and oxygen atoms in total. The molecule has 0 aliphatic rings. The smallest absolute Gasteiger partial charge is 0.284 e. The van der Waals surface area contributed by atoms with E-state index in [4.69, 9.17) is 11.1 Å². The molecule has 6 heteroatoms. The fraction of sp³-hybridized carbons (Fsp3) is 0.154. The lowest BCUT2D eigenvalue weighted by atomic mass is 9.98. The minimum absolute atomic E-state index is 0.301. The molecular weight excluding hydrogens is 469 g/mol. The van der Waals surface area contributed by atoms with Crippen LogP contribution in [0.15, 0.2) is 77.0 Å². The largest absolute Gasteiger partial charge is 0.326 e. The Kier molecular flexibility index (Phi) is 7.72. The lowest BCUT2D eigenvalue weighted by Crippen LogP contribution is -2.14. The monoisotopic (exact) mass is 493 g/mol. The number of nitrogens with one attached hydrogen (secondary N) is 2. The molecular formula is C26H25BrFN3O. The first-order chi connectivity index (χ1) is 15.3. The summed E-state index contributed by atoms with van der Waals surface area (Å²) in [6.07, 6.45) is 0.343. The van der Waals surface area contributed by atoms with E-state index in [1.165, 1.54) is 0 Å². The van der Waals surface area contributed by atoms with Gasteiger partial charge in [-0.25, -0.2) is 4.39 Å². The van der Waals surface area contributed by atoms with Gasteiger partial charge in [0.1, 0.15) is 0 Å². The molecule has 0 heterocycles. The van der Waals surface area contributed by atoms with E-state index in [0.29, 0.717) is 45.5 Å². The Morgan fingerprint density at radius 1 is 1.06 bits per heavy atom. The Hall–Kier alpha value is -3.09. The molecule has 0 saturated carbocycles. The summed E-state index contributed by atoms with van der Waals surface area (Å²) >= 11 is 3.48. The number of carbonyl (C=O) groups excluding carboxylic acids is 1. The van der Waals surface area contributed by atoms with Crippen LogP contribution in [0.2, 0.25) is 0 Å². The molecule has 32 heavy (non-hydrogen) atoms. The summed E-state index contributed by atoms with van der Waals surface area (Å²) in [5, 5.41) is 10.5. The van der Waals surface area contributed by atoms with Crippen LogP contribution in [0.25, 0.3) is 16.7 Å². The van der Waals surface area contributed by atoms with Crippen molar-refractivity contribution in [3.63, 3.8) is 0 Å². The second-order valence-electron chi connectivity index (χ2n) is 7.36. The number of halogens is 2. The molecule has 0 spiro atoms. The SMILES string of the molecule is CC/C(=C(\F)C(=O)Nc1ccc(-c2ccccc2CN)cc1Br)c1cccc(C(C)=N)c1. The lowest BCUT2D eigenvalue weighted by Gasteiger charge is -2.13. The van der Waals surface area contributed by atoms with Crippen molar-refractivity contribution in [2.45, 2.75) is 26.8 Å². The maximum absolute atomic E-state index is 15.1. The molecule has 0 saturated heterocycles. The van der Waals surface area contributed by atoms with Crippen LogP contribution >= 0.6 is 15.9 Å². The molecule has 1 amide bonds. The molecule has 3 rings (SSSR count). The summed E-state index contributed by atoms with van der Waals surface area (Å²) in [6, 6.07) is 20.4. The molecule has 3 aromatic rings. The van der Waals surface area contributed by atoms with E-state index in [1.54, 1.807) is 44.2 Å². The molecule has 0 atom stereocenters. The Morgan fingerprint density at radius 2 is 1.78 bits per heavy atom. The molecule has 0 aliphatic carbocycles. The highest BCUT2D eigenvalue weighted by Gasteiger charge is 2.18.